The Labute approximate surface area is 179 Å². The molecule has 0 radical (unpaired) electrons. The van der Waals surface area contributed by atoms with Crippen molar-refractivity contribution in [3.63, 3.8) is 0 Å². The predicted octanol–water partition coefficient (Wildman–Crippen LogP) is 4.63. The van der Waals surface area contributed by atoms with Crippen LogP contribution in [0.5, 0.6) is 0 Å². The molecule has 4 rings (SSSR count). The van der Waals surface area contributed by atoms with Crippen molar-refractivity contribution in [2.75, 3.05) is 0 Å². The van der Waals surface area contributed by atoms with E-state index in [4.69, 9.17) is 9.51 Å². The molecule has 0 amide bonds. The highest BCUT2D eigenvalue weighted by atomic mass is 32.2. The van der Waals surface area contributed by atoms with Crippen LogP contribution >= 0.6 is 11.8 Å². The van der Waals surface area contributed by atoms with Crippen LogP contribution in [0, 0.1) is 12.8 Å². The molecule has 6 nitrogen and oxygen atoms in total. The summed E-state index contributed by atoms with van der Waals surface area (Å²) in [4.78, 5) is 22.4. The van der Waals surface area contributed by atoms with Gasteiger partial charge in [-0.25, -0.2) is 4.98 Å². The molecule has 2 aromatic carbocycles. The Morgan fingerprint density at radius 3 is 2.60 bits per heavy atom. The molecule has 4 aromatic rings. The minimum atomic E-state index is -0.0466. The zero-order valence-corrected chi connectivity index (χ0v) is 18.1. The fraction of sp³-hybridized carbons (Fsp3) is 0.304. The largest absolute Gasteiger partial charge is 0.338 e. The lowest BCUT2D eigenvalue weighted by Crippen LogP contribution is -2.24. The standard InChI is InChI=1S/C23H24N4O2S/c1-15(2)12-20-25-21(29-26-20)14-30-23-24-19-7-5-4-6-18(19)22(28)27(23)13-17-10-8-16(3)9-11-17/h4-11,15H,12-14H2,1-3H3. The highest BCUT2D eigenvalue weighted by Crippen LogP contribution is 2.22. The number of hydrogen-bond acceptors (Lipinski definition) is 6. The number of aromatic nitrogens is 4. The first-order chi connectivity index (χ1) is 14.5. The van der Waals surface area contributed by atoms with Gasteiger partial charge in [0.2, 0.25) is 5.89 Å². The summed E-state index contributed by atoms with van der Waals surface area (Å²) in [6.07, 6.45) is 0.778. The van der Waals surface area contributed by atoms with E-state index in [0.717, 1.165) is 12.0 Å². The van der Waals surface area contributed by atoms with Gasteiger partial charge in [-0.1, -0.05) is 72.7 Å². The summed E-state index contributed by atoms with van der Waals surface area (Å²) in [6.45, 7) is 6.75. The normalized spacial score (nSPS) is 11.5. The maximum absolute atomic E-state index is 13.2. The van der Waals surface area contributed by atoms with E-state index in [2.05, 4.69) is 36.1 Å². The smallest absolute Gasteiger partial charge is 0.262 e. The molecule has 7 heteroatoms. The highest BCUT2D eigenvalue weighted by Gasteiger charge is 2.15. The second-order valence-electron chi connectivity index (χ2n) is 7.78. The van der Waals surface area contributed by atoms with Crippen LogP contribution in [-0.2, 0) is 18.7 Å². The Morgan fingerprint density at radius 2 is 1.83 bits per heavy atom. The van der Waals surface area contributed by atoms with Crippen molar-refractivity contribution in [2.24, 2.45) is 5.92 Å². The zero-order valence-electron chi connectivity index (χ0n) is 17.3. The molecule has 0 saturated carbocycles. The van der Waals surface area contributed by atoms with Gasteiger partial charge >= 0.3 is 0 Å². The Kier molecular flexibility index (Phi) is 5.99. The number of nitrogens with zero attached hydrogens (tertiary/aromatic N) is 4. The van der Waals surface area contributed by atoms with Crippen molar-refractivity contribution in [1.29, 1.82) is 0 Å². The average Bonchev–Trinajstić information content (AvgIpc) is 3.17. The molecule has 0 atom stereocenters. The monoisotopic (exact) mass is 420 g/mol. The summed E-state index contributed by atoms with van der Waals surface area (Å²) in [5.41, 5.74) is 2.88. The summed E-state index contributed by atoms with van der Waals surface area (Å²) in [5.74, 6) is 2.18. The molecule has 0 aliphatic carbocycles. The van der Waals surface area contributed by atoms with Gasteiger partial charge in [-0.2, -0.15) is 4.98 Å². The summed E-state index contributed by atoms with van der Waals surface area (Å²) in [6, 6.07) is 15.6. The second kappa shape index (κ2) is 8.83. The van der Waals surface area contributed by atoms with Crippen molar-refractivity contribution in [1.82, 2.24) is 19.7 Å². The first-order valence-electron chi connectivity index (χ1n) is 9.99. The predicted molar refractivity (Wildman–Crippen MR) is 119 cm³/mol. The van der Waals surface area contributed by atoms with Crippen LogP contribution in [0.25, 0.3) is 10.9 Å². The van der Waals surface area contributed by atoms with Crippen LogP contribution in [0.15, 0.2) is 63.0 Å². The summed E-state index contributed by atoms with van der Waals surface area (Å²) < 4.78 is 7.10. The van der Waals surface area contributed by atoms with Gasteiger partial charge in [0, 0.05) is 6.42 Å². The number of para-hydroxylation sites is 1. The van der Waals surface area contributed by atoms with Crippen molar-refractivity contribution in [3.8, 4) is 0 Å². The molecular weight excluding hydrogens is 396 g/mol. The number of aryl methyl sites for hydroxylation is 1. The first kappa shape index (κ1) is 20.3. The SMILES string of the molecule is Cc1ccc(Cn2c(SCc3nc(CC(C)C)no3)nc3ccccc3c2=O)cc1. The summed E-state index contributed by atoms with van der Waals surface area (Å²) in [5, 5.41) is 5.30. The molecule has 30 heavy (non-hydrogen) atoms. The molecular formula is C23H24N4O2S. The van der Waals surface area contributed by atoms with E-state index in [-0.39, 0.29) is 5.56 Å². The van der Waals surface area contributed by atoms with E-state index in [9.17, 15) is 4.79 Å². The van der Waals surface area contributed by atoms with Gasteiger partial charge in [0.05, 0.1) is 23.2 Å². The number of thioether (sulfide) groups is 1. The van der Waals surface area contributed by atoms with E-state index in [1.165, 1.54) is 17.3 Å². The molecule has 2 heterocycles. The van der Waals surface area contributed by atoms with Gasteiger partial charge < -0.3 is 4.52 Å². The minimum Gasteiger partial charge on any atom is -0.338 e. The quantitative estimate of drug-likeness (QED) is 0.321. The van der Waals surface area contributed by atoms with Gasteiger partial charge in [-0.05, 0) is 30.5 Å². The summed E-state index contributed by atoms with van der Waals surface area (Å²) >= 11 is 1.44. The maximum atomic E-state index is 13.2. The van der Waals surface area contributed by atoms with E-state index >= 15 is 0 Å². The van der Waals surface area contributed by atoms with Crippen molar-refractivity contribution in [2.45, 2.75) is 44.6 Å². The molecule has 0 aliphatic heterocycles. The molecule has 0 unspecified atom stereocenters. The van der Waals surface area contributed by atoms with E-state index in [1.807, 2.05) is 43.3 Å². The summed E-state index contributed by atoms with van der Waals surface area (Å²) in [7, 11) is 0. The number of hydrogen-bond donors (Lipinski definition) is 0. The lowest BCUT2D eigenvalue weighted by atomic mass is 10.1. The van der Waals surface area contributed by atoms with Crippen molar-refractivity contribution in [3.05, 3.63) is 81.7 Å². The molecule has 0 spiro atoms. The van der Waals surface area contributed by atoms with E-state index < -0.39 is 0 Å². The van der Waals surface area contributed by atoms with Gasteiger partial charge in [0.15, 0.2) is 11.0 Å². The van der Waals surface area contributed by atoms with Crippen LogP contribution in [0.4, 0.5) is 0 Å². The van der Waals surface area contributed by atoms with Crippen LogP contribution in [-0.4, -0.2) is 19.7 Å². The fourth-order valence-corrected chi connectivity index (χ4v) is 4.03. The van der Waals surface area contributed by atoms with E-state index in [1.54, 1.807) is 4.57 Å². The Hall–Kier alpha value is -2.93. The van der Waals surface area contributed by atoms with Crippen LogP contribution in [0.2, 0.25) is 0 Å². The molecule has 0 aliphatic rings. The minimum absolute atomic E-state index is 0.0466. The maximum Gasteiger partial charge on any atom is 0.262 e. The van der Waals surface area contributed by atoms with Gasteiger partial charge in [-0.15, -0.1) is 0 Å². The number of rotatable bonds is 7. The molecule has 0 saturated heterocycles. The van der Waals surface area contributed by atoms with Crippen molar-refractivity contribution >= 4 is 22.7 Å². The number of benzene rings is 2. The van der Waals surface area contributed by atoms with Crippen LogP contribution in [0.3, 0.4) is 0 Å². The Morgan fingerprint density at radius 1 is 1.07 bits per heavy atom. The van der Waals surface area contributed by atoms with Crippen LogP contribution in [0.1, 0.15) is 36.7 Å². The third kappa shape index (κ3) is 4.62. The fourth-order valence-electron chi connectivity index (χ4n) is 3.20. The van der Waals surface area contributed by atoms with Crippen molar-refractivity contribution < 1.29 is 4.52 Å². The van der Waals surface area contributed by atoms with Crippen LogP contribution < -0.4 is 5.56 Å². The first-order valence-corrected chi connectivity index (χ1v) is 11.0. The average molecular weight is 421 g/mol. The highest BCUT2D eigenvalue weighted by molar-refractivity contribution is 7.98. The molecule has 0 N–H and O–H groups in total. The third-order valence-electron chi connectivity index (χ3n) is 4.71. The third-order valence-corrected chi connectivity index (χ3v) is 5.67. The molecule has 154 valence electrons. The molecule has 0 fully saturated rings. The van der Waals surface area contributed by atoms with Gasteiger partial charge in [0.1, 0.15) is 0 Å². The van der Waals surface area contributed by atoms with Gasteiger partial charge in [-0.3, -0.25) is 9.36 Å². The molecule has 2 aromatic heterocycles. The lowest BCUT2D eigenvalue weighted by Gasteiger charge is -2.13. The Balaban J connectivity index is 1.65. The topological polar surface area (TPSA) is 73.8 Å². The number of fused-ring (bicyclic) bond motifs is 1. The Bertz CT molecular complexity index is 1210. The van der Waals surface area contributed by atoms with Gasteiger partial charge in [0.25, 0.3) is 5.56 Å². The second-order valence-corrected chi connectivity index (χ2v) is 8.72. The van der Waals surface area contributed by atoms with E-state index in [0.29, 0.717) is 46.0 Å². The molecule has 0 bridgehead atoms. The zero-order chi connectivity index (χ0) is 21.1. The lowest BCUT2D eigenvalue weighted by molar-refractivity contribution is 0.382.